The van der Waals surface area contributed by atoms with Gasteiger partial charge in [0.1, 0.15) is 5.92 Å². The number of carbonyl (C=O) groups is 2. The van der Waals surface area contributed by atoms with E-state index in [2.05, 4.69) is 0 Å². The largest absolute Gasteiger partial charge is 0.284 e. The van der Waals surface area contributed by atoms with Gasteiger partial charge in [-0.2, -0.15) is 0 Å². The van der Waals surface area contributed by atoms with Crippen LogP contribution in [0.25, 0.3) is 0 Å². The molecule has 152 valence electrons. The number of likely N-dealkylation sites (tertiary alicyclic amines) is 1. The lowest BCUT2D eigenvalue weighted by Gasteiger charge is -2.48. The predicted octanol–water partition coefficient (Wildman–Crippen LogP) is 3.47. The van der Waals surface area contributed by atoms with Crippen molar-refractivity contribution in [2.24, 2.45) is 11.8 Å². The van der Waals surface area contributed by atoms with Gasteiger partial charge in [0.2, 0.25) is 11.8 Å². The van der Waals surface area contributed by atoms with Crippen molar-refractivity contribution in [2.75, 3.05) is 0 Å². The molecule has 0 saturated carbocycles. The molecule has 1 fully saturated rings. The fourth-order valence-electron chi connectivity index (χ4n) is 6.02. The van der Waals surface area contributed by atoms with Gasteiger partial charge in [-0.05, 0) is 16.7 Å². The maximum absolute atomic E-state index is 13.7. The summed E-state index contributed by atoms with van der Waals surface area (Å²) in [6.07, 6.45) is 0. The molecule has 1 saturated heterocycles. The molecule has 2 amide bonds. The Kier molecular flexibility index (Phi) is 3.55. The molecule has 0 N–H and O–H groups in total. The van der Waals surface area contributed by atoms with Crippen molar-refractivity contribution in [3.8, 4) is 0 Å². The van der Waals surface area contributed by atoms with E-state index in [1.807, 2.05) is 54.6 Å². The summed E-state index contributed by atoms with van der Waals surface area (Å²) in [5, 5.41) is 12.8. The van der Waals surface area contributed by atoms with E-state index in [1.54, 1.807) is 24.3 Å². The van der Waals surface area contributed by atoms with Gasteiger partial charge in [-0.25, -0.2) is 0 Å². The van der Waals surface area contributed by atoms with E-state index in [0.717, 1.165) is 16.7 Å². The van der Waals surface area contributed by atoms with E-state index in [9.17, 15) is 19.7 Å². The second kappa shape index (κ2) is 6.11. The van der Waals surface area contributed by atoms with Crippen LogP contribution in [0.2, 0.25) is 0 Å². The quantitative estimate of drug-likeness (QED) is 0.376. The highest BCUT2D eigenvalue weighted by molar-refractivity contribution is 6.08. The van der Waals surface area contributed by atoms with Crippen molar-refractivity contribution in [2.45, 2.75) is 18.0 Å². The Labute approximate surface area is 178 Å². The lowest BCUT2D eigenvalue weighted by Crippen LogP contribution is -2.57. The number of hydrogen-bond acceptors (Lipinski definition) is 4. The number of nitrogens with zero attached hydrogens (tertiary/aromatic N) is 2. The maximum atomic E-state index is 13.7. The lowest BCUT2D eigenvalue weighted by molar-refractivity contribution is -0.578. The Morgan fingerprint density at radius 1 is 0.806 bits per heavy atom. The molecule has 0 spiro atoms. The van der Waals surface area contributed by atoms with Crippen molar-refractivity contribution in [1.29, 1.82) is 0 Å². The van der Waals surface area contributed by atoms with Crippen LogP contribution in [0.4, 0.5) is 0 Å². The van der Waals surface area contributed by atoms with E-state index >= 15 is 0 Å². The average Bonchev–Trinajstić information content (AvgIpc) is 3.05. The molecule has 0 aromatic heterocycles. The zero-order chi connectivity index (χ0) is 21.3. The molecule has 3 aliphatic carbocycles. The van der Waals surface area contributed by atoms with Gasteiger partial charge in [0.05, 0.1) is 12.5 Å². The Morgan fingerprint density at radius 2 is 1.35 bits per heavy atom. The second-order valence-corrected chi connectivity index (χ2v) is 8.43. The molecular weight excluding hydrogens is 392 g/mol. The molecule has 6 heteroatoms. The van der Waals surface area contributed by atoms with Gasteiger partial charge in [0.25, 0.3) is 5.54 Å². The zero-order valence-corrected chi connectivity index (χ0v) is 16.5. The average molecular weight is 410 g/mol. The first-order valence-electron chi connectivity index (χ1n) is 10.3. The number of amides is 2. The van der Waals surface area contributed by atoms with E-state index in [4.69, 9.17) is 0 Å². The fourth-order valence-corrected chi connectivity index (χ4v) is 6.02. The molecule has 4 aliphatic rings. The van der Waals surface area contributed by atoms with E-state index in [1.165, 1.54) is 4.90 Å². The van der Waals surface area contributed by atoms with Crippen LogP contribution in [0, 0.1) is 22.0 Å². The van der Waals surface area contributed by atoms with Crippen LogP contribution in [0.1, 0.15) is 33.7 Å². The molecule has 31 heavy (non-hydrogen) atoms. The molecule has 3 aromatic rings. The van der Waals surface area contributed by atoms with Gasteiger partial charge in [0, 0.05) is 22.0 Å². The van der Waals surface area contributed by atoms with Crippen LogP contribution in [0.5, 0.6) is 0 Å². The highest BCUT2D eigenvalue weighted by Crippen LogP contribution is 2.64. The number of hydrogen-bond donors (Lipinski definition) is 0. The summed E-state index contributed by atoms with van der Waals surface area (Å²) in [5.41, 5.74) is 1.69. The third kappa shape index (κ3) is 2.06. The minimum absolute atomic E-state index is 0.124. The predicted molar refractivity (Wildman–Crippen MR) is 111 cm³/mol. The van der Waals surface area contributed by atoms with Gasteiger partial charge in [0.15, 0.2) is 0 Å². The first-order chi connectivity index (χ1) is 15.1. The van der Waals surface area contributed by atoms with Crippen LogP contribution < -0.4 is 0 Å². The summed E-state index contributed by atoms with van der Waals surface area (Å²) < 4.78 is 0. The molecule has 2 bridgehead atoms. The van der Waals surface area contributed by atoms with Gasteiger partial charge in [-0.1, -0.05) is 78.9 Å². The van der Waals surface area contributed by atoms with Gasteiger partial charge < -0.3 is 0 Å². The fraction of sp³-hybridized carbons (Fsp3) is 0.200. The van der Waals surface area contributed by atoms with Gasteiger partial charge in [-0.3, -0.25) is 24.6 Å². The van der Waals surface area contributed by atoms with Crippen LogP contribution >= 0.6 is 0 Å². The molecule has 7 rings (SSSR count). The van der Waals surface area contributed by atoms with Crippen LogP contribution in [-0.4, -0.2) is 21.6 Å². The number of imide groups is 1. The molecular formula is C25H18N2O4. The highest BCUT2D eigenvalue weighted by atomic mass is 16.6. The Balaban J connectivity index is 1.61. The van der Waals surface area contributed by atoms with Crippen LogP contribution in [-0.2, 0) is 21.7 Å². The lowest BCUT2D eigenvalue weighted by atomic mass is 9.51. The molecule has 0 unspecified atom stereocenters. The van der Waals surface area contributed by atoms with Crippen LogP contribution in [0.15, 0.2) is 78.9 Å². The third-order valence-electron chi connectivity index (χ3n) is 7.14. The maximum Gasteiger partial charge on any atom is 0.284 e. The first-order valence-corrected chi connectivity index (χ1v) is 10.3. The summed E-state index contributed by atoms with van der Waals surface area (Å²) in [4.78, 5) is 41.0. The third-order valence-corrected chi connectivity index (χ3v) is 7.14. The molecule has 1 aliphatic heterocycles. The first kappa shape index (κ1) is 18.0. The topological polar surface area (TPSA) is 80.5 Å². The highest BCUT2D eigenvalue weighted by Gasteiger charge is 2.74. The number of rotatable bonds is 3. The van der Waals surface area contributed by atoms with Crippen LogP contribution in [0.3, 0.4) is 0 Å². The monoisotopic (exact) mass is 410 g/mol. The zero-order valence-electron chi connectivity index (χ0n) is 16.5. The van der Waals surface area contributed by atoms with Gasteiger partial charge >= 0.3 is 0 Å². The molecule has 3 aromatic carbocycles. The van der Waals surface area contributed by atoms with Gasteiger partial charge in [-0.15, -0.1) is 0 Å². The number of carbonyl (C=O) groups excluding carboxylic acids is 2. The Bertz CT molecular complexity index is 1220. The molecule has 1 heterocycles. The van der Waals surface area contributed by atoms with E-state index in [-0.39, 0.29) is 23.3 Å². The summed E-state index contributed by atoms with van der Waals surface area (Å²) in [5.74, 6) is -2.96. The number of benzene rings is 3. The summed E-state index contributed by atoms with van der Waals surface area (Å²) in [6, 6.07) is 23.7. The minimum Gasteiger partial charge on any atom is -0.277 e. The van der Waals surface area contributed by atoms with Crippen molar-refractivity contribution in [3.05, 3.63) is 117 Å². The minimum atomic E-state index is -1.76. The molecule has 6 nitrogen and oxygen atoms in total. The van der Waals surface area contributed by atoms with E-state index < -0.39 is 23.3 Å². The van der Waals surface area contributed by atoms with Crippen molar-refractivity contribution in [1.82, 2.24) is 4.90 Å². The van der Waals surface area contributed by atoms with Crippen molar-refractivity contribution < 1.29 is 14.5 Å². The van der Waals surface area contributed by atoms with Crippen molar-refractivity contribution >= 4 is 11.8 Å². The Hall–Kier alpha value is -3.80. The van der Waals surface area contributed by atoms with E-state index in [0.29, 0.717) is 11.1 Å². The smallest absolute Gasteiger partial charge is 0.277 e. The second-order valence-electron chi connectivity index (χ2n) is 8.43. The normalized spacial score (nSPS) is 27.6. The summed E-state index contributed by atoms with van der Waals surface area (Å²) in [7, 11) is 0. The summed E-state index contributed by atoms with van der Waals surface area (Å²) in [6.45, 7) is 0.124. The molecule has 2 atom stereocenters. The summed E-state index contributed by atoms with van der Waals surface area (Å²) >= 11 is 0. The van der Waals surface area contributed by atoms with Crippen molar-refractivity contribution in [3.63, 3.8) is 0 Å². The molecule has 0 radical (unpaired) electrons. The SMILES string of the molecule is O=C1[C@@H]2C3c4ccccc4C([N+](=O)[O-])(c4ccccc43)[C@H]2C(=O)N1Cc1ccccc1. The number of nitro groups is 1. The standard InChI is InChI=1S/C25H18N2O4/c28-23-21-20-16-10-4-6-12-18(16)25(27(30)31,19-13-7-5-11-17(19)20)22(21)24(29)26(23)14-15-8-2-1-3-9-15/h1-13,20-22H,14H2/t20?,21-,22-,25?/m1/s1. The Morgan fingerprint density at radius 3 is 1.94 bits per heavy atom.